The number of halogens is 2. The van der Waals surface area contributed by atoms with E-state index in [1.807, 2.05) is 11.3 Å². The highest BCUT2D eigenvalue weighted by molar-refractivity contribution is 14.1. The van der Waals surface area contributed by atoms with Gasteiger partial charge in [-0.3, -0.25) is 0 Å². The number of unbranched alkanes of at least 4 members (excludes halogenated alkanes) is 3. The number of fused-ring (bicyclic) bond motifs is 1. The van der Waals surface area contributed by atoms with Crippen molar-refractivity contribution in [2.45, 2.75) is 32.2 Å². The van der Waals surface area contributed by atoms with E-state index in [9.17, 15) is 0 Å². The van der Waals surface area contributed by atoms with E-state index in [0.717, 1.165) is 6.54 Å². The molecule has 0 amide bonds. The van der Waals surface area contributed by atoms with Crippen LogP contribution in [-0.2, 0) is 6.54 Å². The van der Waals surface area contributed by atoms with E-state index in [-0.39, 0.29) is 24.0 Å². The molecule has 0 N–H and O–H groups in total. The summed E-state index contributed by atoms with van der Waals surface area (Å²) >= 11 is 4.36. The number of benzene rings is 2. The maximum Gasteiger partial charge on any atom is 0.262 e. The number of hydrogen-bond acceptors (Lipinski definition) is 2. The Morgan fingerprint density at radius 1 is 0.929 bits per heavy atom. The van der Waals surface area contributed by atoms with Gasteiger partial charge in [-0.15, -0.1) is 0 Å². The molecule has 0 spiro atoms. The molecule has 5 heteroatoms. The van der Waals surface area contributed by atoms with Gasteiger partial charge < -0.3 is 28.9 Å². The van der Waals surface area contributed by atoms with Gasteiger partial charge in [-0.25, -0.2) is 0 Å². The number of thiazole rings is 1. The summed E-state index contributed by atoms with van der Waals surface area (Å²) in [4.78, 5) is 2.13. The second kappa shape index (κ2) is 12.1. The highest BCUT2D eigenvalue weighted by atomic mass is 127. The summed E-state index contributed by atoms with van der Waals surface area (Å²) in [6.45, 7) is 1.10. The molecule has 0 atom stereocenters. The van der Waals surface area contributed by atoms with Crippen molar-refractivity contribution in [3.05, 3.63) is 59.1 Å². The predicted octanol–water partition coefficient (Wildman–Crippen LogP) is 3.42. The molecule has 2 aromatic carbocycles. The van der Waals surface area contributed by atoms with Gasteiger partial charge in [0.15, 0.2) is 6.54 Å². The van der Waals surface area contributed by atoms with Crippen LogP contribution in [0.1, 0.15) is 36.3 Å². The molecule has 0 bridgehead atoms. The van der Waals surface area contributed by atoms with Crippen LogP contribution in [0, 0.1) is 0 Å². The van der Waals surface area contributed by atoms with Gasteiger partial charge in [0.05, 0.1) is 0 Å². The monoisotopic (exact) mass is 618 g/mol. The van der Waals surface area contributed by atoms with Gasteiger partial charge in [0.25, 0.3) is 5.01 Å². The molecule has 0 aliphatic heterocycles. The number of nitrogens with zero attached hydrogens (tertiary/aromatic N) is 2. The normalized spacial score (nSPS) is 11.1. The van der Waals surface area contributed by atoms with E-state index in [1.54, 1.807) is 0 Å². The summed E-state index contributed by atoms with van der Waals surface area (Å²) in [6.07, 6.45) is 9.76. The van der Waals surface area contributed by atoms with Crippen LogP contribution in [0.3, 0.4) is 0 Å². The standard InChI is InChI=1S/C23H28IN2S.HI/c1-25(2)20-14-11-19(12-15-20)13-16-23-26(18-8-4-3-7-17-24)21-9-5-6-10-22(21)27-23;/h5-6,9-16H,3-4,7-8,17-18H2,1-2H3;1H/q+1;/p-1. The lowest BCUT2D eigenvalue weighted by atomic mass is 10.2. The molecule has 0 unspecified atom stereocenters. The molecule has 0 aliphatic rings. The van der Waals surface area contributed by atoms with E-state index >= 15 is 0 Å². The summed E-state index contributed by atoms with van der Waals surface area (Å²) in [7, 11) is 4.15. The van der Waals surface area contributed by atoms with Gasteiger partial charge >= 0.3 is 0 Å². The first-order chi connectivity index (χ1) is 13.2. The Morgan fingerprint density at radius 2 is 1.64 bits per heavy atom. The molecule has 3 aromatic rings. The minimum atomic E-state index is 0. The van der Waals surface area contributed by atoms with Crippen molar-refractivity contribution in [3.8, 4) is 0 Å². The van der Waals surface area contributed by atoms with Crippen LogP contribution in [-0.4, -0.2) is 18.5 Å². The fraction of sp³-hybridized carbons (Fsp3) is 0.348. The minimum Gasteiger partial charge on any atom is -1.00 e. The maximum atomic E-state index is 2.49. The van der Waals surface area contributed by atoms with Crippen molar-refractivity contribution in [2.24, 2.45) is 0 Å². The van der Waals surface area contributed by atoms with E-state index in [4.69, 9.17) is 0 Å². The summed E-state index contributed by atoms with van der Waals surface area (Å²) < 4.78 is 5.13. The Bertz CT molecular complexity index is 885. The SMILES string of the molecule is CN(C)c1ccc(/C=C/c2sc3ccccc3[n+]2CCCCCCI)cc1.[I-]. The van der Waals surface area contributed by atoms with Crippen molar-refractivity contribution >= 4 is 62.0 Å². The molecule has 1 aromatic heterocycles. The Balaban J connectivity index is 0.00000280. The molecule has 1 heterocycles. The Hall–Kier alpha value is -0.670. The Labute approximate surface area is 203 Å². The lowest BCUT2D eigenvalue weighted by Crippen LogP contribution is -3.00. The lowest BCUT2D eigenvalue weighted by Gasteiger charge is -2.11. The van der Waals surface area contributed by atoms with Crippen LogP contribution in [0.4, 0.5) is 5.69 Å². The number of para-hydroxylation sites is 1. The number of alkyl halides is 1. The number of hydrogen-bond donors (Lipinski definition) is 0. The van der Waals surface area contributed by atoms with Crippen molar-refractivity contribution in [3.63, 3.8) is 0 Å². The van der Waals surface area contributed by atoms with E-state index in [1.165, 1.54) is 56.6 Å². The van der Waals surface area contributed by atoms with Crippen LogP contribution >= 0.6 is 33.9 Å². The first kappa shape index (κ1) is 23.6. The molecular formula is C23H28I2N2S. The zero-order chi connectivity index (χ0) is 19.1. The van der Waals surface area contributed by atoms with E-state index in [0.29, 0.717) is 0 Å². The van der Waals surface area contributed by atoms with Crippen molar-refractivity contribution < 1.29 is 28.5 Å². The second-order valence-corrected chi connectivity index (χ2v) is 9.12. The fourth-order valence-electron chi connectivity index (χ4n) is 3.18. The largest absolute Gasteiger partial charge is 1.00 e. The van der Waals surface area contributed by atoms with Crippen LogP contribution in [0.5, 0.6) is 0 Å². The van der Waals surface area contributed by atoms with Gasteiger partial charge in [0.2, 0.25) is 5.52 Å². The van der Waals surface area contributed by atoms with Crippen LogP contribution in [0.25, 0.3) is 22.4 Å². The summed E-state index contributed by atoms with van der Waals surface area (Å²) in [6, 6.07) is 17.5. The van der Waals surface area contributed by atoms with Crippen molar-refractivity contribution in [2.75, 3.05) is 23.4 Å². The average molecular weight is 618 g/mol. The zero-order valence-electron chi connectivity index (χ0n) is 16.6. The third kappa shape index (κ3) is 6.42. The van der Waals surface area contributed by atoms with Crippen LogP contribution in [0.2, 0.25) is 0 Å². The molecule has 2 nitrogen and oxygen atoms in total. The average Bonchev–Trinajstić information content (AvgIpc) is 3.04. The van der Waals surface area contributed by atoms with Gasteiger partial charge in [0.1, 0.15) is 4.70 Å². The number of rotatable bonds is 9. The maximum absolute atomic E-state index is 2.49. The molecule has 150 valence electrons. The molecule has 0 radical (unpaired) electrons. The quantitative estimate of drug-likeness (QED) is 0.155. The third-order valence-electron chi connectivity index (χ3n) is 4.73. The van der Waals surface area contributed by atoms with Crippen molar-refractivity contribution in [1.82, 2.24) is 0 Å². The van der Waals surface area contributed by atoms with Crippen molar-refractivity contribution in [1.29, 1.82) is 0 Å². The summed E-state index contributed by atoms with van der Waals surface area (Å²) in [5.41, 5.74) is 3.83. The first-order valence-electron chi connectivity index (χ1n) is 9.62. The van der Waals surface area contributed by atoms with Gasteiger partial charge in [0, 0.05) is 38.3 Å². The Morgan fingerprint density at radius 3 is 2.36 bits per heavy atom. The molecule has 0 fully saturated rings. The fourth-order valence-corrected chi connectivity index (χ4v) is 4.81. The smallest absolute Gasteiger partial charge is 0.262 e. The lowest BCUT2D eigenvalue weighted by molar-refractivity contribution is -0.669. The second-order valence-electron chi connectivity index (χ2n) is 6.98. The molecule has 3 rings (SSSR count). The topological polar surface area (TPSA) is 7.12 Å². The molecule has 28 heavy (non-hydrogen) atoms. The molecule has 0 saturated heterocycles. The first-order valence-corrected chi connectivity index (χ1v) is 12.0. The minimum absolute atomic E-state index is 0. The van der Waals surface area contributed by atoms with Crippen LogP contribution < -0.4 is 33.4 Å². The molecular weight excluding hydrogens is 590 g/mol. The highest BCUT2D eigenvalue weighted by Crippen LogP contribution is 2.23. The van der Waals surface area contributed by atoms with Gasteiger partial charge in [-0.2, -0.15) is 4.57 Å². The highest BCUT2D eigenvalue weighted by Gasteiger charge is 2.17. The summed E-state index contributed by atoms with van der Waals surface area (Å²) in [5, 5.41) is 1.33. The Kier molecular flexibility index (Phi) is 10.2. The van der Waals surface area contributed by atoms with Gasteiger partial charge in [-0.05, 0) is 47.1 Å². The van der Waals surface area contributed by atoms with Crippen LogP contribution in [0.15, 0.2) is 48.5 Å². The number of aryl methyl sites for hydroxylation is 1. The number of aromatic nitrogens is 1. The molecule has 0 saturated carbocycles. The number of anilines is 1. The van der Waals surface area contributed by atoms with Gasteiger partial charge in [-0.1, -0.05) is 64.6 Å². The third-order valence-corrected chi connectivity index (χ3v) is 6.62. The molecule has 0 aliphatic carbocycles. The van der Waals surface area contributed by atoms with E-state index in [2.05, 4.69) is 107 Å². The van der Waals surface area contributed by atoms with E-state index < -0.39 is 0 Å². The predicted molar refractivity (Wildman–Crippen MR) is 129 cm³/mol. The summed E-state index contributed by atoms with van der Waals surface area (Å²) in [5.74, 6) is 0. The zero-order valence-corrected chi connectivity index (χ0v) is 21.7.